The van der Waals surface area contributed by atoms with Crippen molar-refractivity contribution in [1.82, 2.24) is 15.5 Å². The molecule has 0 atom stereocenters. The molecule has 1 heterocycles. The minimum atomic E-state index is -0.450. The minimum Gasteiger partial charge on any atom is -0.344 e. The predicted molar refractivity (Wildman–Crippen MR) is 81.6 cm³/mol. The molecule has 0 radical (unpaired) electrons. The largest absolute Gasteiger partial charge is 0.344 e. The van der Waals surface area contributed by atoms with Crippen molar-refractivity contribution in [2.24, 2.45) is 5.73 Å². The highest BCUT2D eigenvalue weighted by molar-refractivity contribution is 9.10. The Bertz CT molecular complexity index is 596. The highest BCUT2D eigenvalue weighted by atomic mass is 79.9. The number of halogens is 2. The Morgan fingerprint density at radius 1 is 1.53 bits per heavy atom. The second-order valence-corrected chi connectivity index (χ2v) is 5.72. The zero-order valence-electron chi connectivity index (χ0n) is 10.7. The van der Waals surface area contributed by atoms with Gasteiger partial charge in [-0.15, -0.1) is 12.4 Å². The van der Waals surface area contributed by atoms with Crippen molar-refractivity contribution in [2.45, 2.75) is 19.4 Å². The summed E-state index contributed by atoms with van der Waals surface area (Å²) in [6.07, 6.45) is 0. The van der Waals surface area contributed by atoms with E-state index >= 15 is 0 Å². The maximum Gasteiger partial charge on any atom is 0.272 e. The van der Waals surface area contributed by atoms with Crippen LogP contribution in [0, 0.1) is 0 Å². The van der Waals surface area contributed by atoms with Crippen LogP contribution in [0.5, 0.6) is 0 Å². The number of hydrogen-bond donors (Lipinski definition) is 3. The van der Waals surface area contributed by atoms with Crippen LogP contribution in [0.15, 0.2) is 22.7 Å². The molecule has 0 aliphatic rings. The van der Waals surface area contributed by atoms with Crippen molar-refractivity contribution in [1.29, 1.82) is 0 Å². The van der Waals surface area contributed by atoms with Crippen LogP contribution in [0.25, 0.3) is 10.9 Å². The van der Waals surface area contributed by atoms with Crippen LogP contribution in [-0.2, 0) is 0 Å². The van der Waals surface area contributed by atoms with Gasteiger partial charge in [0.1, 0.15) is 0 Å². The molecular formula is C12H16BrClN4O. The van der Waals surface area contributed by atoms with Gasteiger partial charge >= 0.3 is 0 Å². The summed E-state index contributed by atoms with van der Waals surface area (Å²) in [5, 5.41) is 10.5. The first-order valence-corrected chi connectivity index (χ1v) is 6.38. The fourth-order valence-corrected chi connectivity index (χ4v) is 1.94. The molecule has 1 aromatic carbocycles. The van der Waals surface area contributed by atoms with Crippen LogP contribution in [0.2, 0.25) is 0 Å². The van der Waals surface area contributed by atoms with Crippen molar-refractivity contribution in [3.8, 4) is 0 Å². The molecule has 0 aliphatic heterocycles. The molecule has 19 heavy (non-hydrogen) atoms. The minimum absolute atomic E-state index is 0. The Hall–Kier alpha value is -1.11. The number of benzene rings is 1. The van der Waals surface area contributed by atoms with Gasteiger partial charge in [-0.3, -0.25) is 9.89 Å². The monoisotopic (exact) mass is 346 g/mol. The third-order valence-electron chi connectivity index (χ3n) is 2.70. The van der Waals surface area contributed by atoms with Gasteiger partial charge in [0.25, 0.3) is 5.91 Å². The number of aromatic amines is 1. The first-order chi connectivity index (χ1) is 8.43. The third-order valence-corrected chi connectivity index (χ3v) is 3.20. The number of nitrogens with one attached hydrogen (secondary N) is 2. The summed E-state index contributed by atoms with van der Waals surface area (Å²) < 4.78 is 0.906. The standard InChI is InChI=1S/C12H15BrN4O.ClH/c1-12(2,6-14)15-11(18)10-8-5-7(13)3-4-9(8)16-17-10;/h3-5H,6,14H2,1-2H3,(H,15,18)(H,16,17);1H. The Labute approximate surface area is 125 Å². The summed E-state index contributed by atoms with van der Waals surface area (Å²) in [4.78, 5) is 12.1. The van der Waals surface area contributed by atoms with Gasteiger partial charge in [0.05, 0.1) is 5.52 Å². The number of nitrogens with zero attached hydrogens (tertiary/aromatic N) is 1. The smallest absolute Gasteiger partial charge is 0.272 e. The average molecular weight is 348 g/mol. The number of carbonyl (C=O) groups is 1. The quantitative estimate of drug-likeness (QED) is 0.796. The predicted octanol–water partition coefficient (Wildman–Crippen LogP) is 2.21. The van der Waals surface area contributed by atoms with Crippen LogP contribution >= 0.6 is 28.3 Å². The molecule has 1 amide bonds. The number of H-pyrrole nitrogens is 1. The molecule has 0 fully saturated rings. The van der Waals surface area contributed by atoms with Gasteiger partial charge in [0.2, 0.25) is 0 Å². The van der Waals surface area contributed by atoms with Crippen LogP contribution in [0.3, 0.4) is 0 Å². The number of amides is 1. The number of aromatic nitrogens is 2. The Morgan fingerprint density at radius 2 is 2.21 bits per heavy atom. The van der Waals surface area contributed by atoms with Crippen LogP contribution < -0.4 is 11.1 Å². The first kappa shape index (κ1) is 15.9. The Morgan fingerprint density at radius 3 is 2.84 bits per heavy atom. The molecule has 0 unspecified atom stereocenters. The number of hydrogen-bond acceptors (Lipinski definition) is 3. The summed E-state index contributed by atoms with van der Waals surface area (Å²) in [5.74, 6) is -0.227. The lowest BCUT2D eigenvalue weighted by Gasteiger charge is -2.23. The summed E-state index contributed by atoms with van der Waals surface area (Å²) in [7, 11) is 0. The van der Waals surface area contributed by atoms with Gasteiger partial charge in [-0.1, -0.05) is 15.9 Å². The summed E-state index contributed by atoms with van der Waals surface area (Å²) >= 11 is 3.38. The molecule has 0 saturated heterocycles. The lowest BCUT2D eigenvalue weighted by molar-refractivity contribution is 0.0912. The van der Waals surface area contributed by atoms with E-state index in [9.17, 15) is 4.79 Å². The van der Waals surface area contributed by atoms with Crippen molar-refractivity contribution in [3.05, 3.63) is 28.4 Å². The van der Waals surface area contributed by atoms with Gasteiger partial charge in [-0.05, 0) is 32.0 Å². The van der Waals surface area contributed by atoms with Crippen molar-refractivity contribution >= 4 is 45.1 Å². The maximum absolute atomic E-state index is 12.1. The van der Waals surface area contributed by atoms with E-state index in [0.29, 0.717) is 12.2 Å². The van der Waals surface area contributed by atoms with E-state index in [-0.39, 0.29) is 18.3 Å². The second-order valence-electron chi connectivity index (χ2n) is 4.80. The third kappa shape index (κ3) is 3.46. The summed E-state index contributed by atoms with van der Waals surface area (Å²) in [5.41, 5.74) is 6.35. The van der Waals surface area contributed by atoms with E-state index in [4.69, 9.17) is 5.73 Å². The topological polar surface area (TPSA) is 83.8 Å². The van der Waals surface area contributed by atoms with E-state index in [2.05, 4.69) is 31.4 Å². The number of carbonyl (C=O) groups excluding carboxylic acids is 1. The molecule has 2 aromatic rings. The zero-order valence-corrected chi connectivity index (χ0v) is 13.1. The van der Waals surface area contributed by atoms with Crippen LogP contribution in [-0.4, -0.2) is 28.2 Å². The van der Waals surface area contributed by atoms with E-state index in [1.807, 2.05) is 32.0 Å². The van der Waals surface area contributed by atoms with Crippen LogP contribution in [0.4, 0.5) is 0 Å². The first-order valence-electron chi connectivity index (χ1n) is 5.59. The fourth-order valence-electron chi connectivity index (χ4n) is 1.58. The molecule has 104 valence electrons. The van der Waals surface area contributed by atoms with Gasteiger partial charge in [0.15, 0.2) is 5.69 Å². The molecule has 2 rings (SSSR count). The van der Waals surface area contributed by atoms with E-state index in [1.165, 1.54) is 0 Å². The highest BCUT2D eigenvalue weighted by Gasteiger charge is 2.22. The summed E-state index contributed by atoms with van der Waals surface area (Å²) in [6.45, 7) is 4.11. The van der Waals surface area contributed by atoms with Crippen molar-refractivity contribution in [3.63, 3.8) is 0 Å². The lowest BCUT2D eigenvalue weighted by atomic mass is 10.1. The van der Waals surface area contributed by atoms with Gasteiger partial charge < -0.3 is 11.1 Å². The normalized spacial score (nSPS) is 11.2. The van der Waals surface area contributed by atoms with E-state index in [0.717, 1.165) is 15.4 Å². The number of rotatable bonds is 3. The number of nitrogens with two attached hydrogens (primary N) is 1. The van der Waals surface area contributed by atoms with Crippen molar-refractivity contribution in [2.75, 3.05) is 6.54 Å². The zero-order chi connectivity index (χ0) is 13.3. The Kier molecular flexibility index (Phi) is 4.95. The summed E-state index contributed by atoms with van der Waals surface area (Å²) in [6, 6.07) is 5.63. The maximum atomic E-state index is 12.1. The molecule has 0 aliphatic carbocycles. The highest BCUT2D eigenvalue weighted by Crippen LogP contribution is 2.21. The van der Waals surface area contributed by atoms with E-state index < -0.39 is 5.54 Å². The van der Waals surface area contributed by atoms with Gasteiger partial charge in [0, 0.05) is 21.9 Å². The molecule has 5 nitrogen and oxygen atoms in total. The molecule has 1 aromatic heterocycles. The fraction of sp³-hybridized carbons (Fsp3) is 0.333. The molecule has 0 saturated carbocycles. The van der Waals surface area contributed by atoms with Crippen molar-refractivity contribution < 1.29 is 4.79 Å². The second kappa shape index (κ2) is 5.90. The molecule has 0 bridgehead atoms. The number of fused-ring (bicyclic) bond motifs is 1. The molecule has 7 heteroatoms. The molecular weight excluding hydrogens is 332 g/mol. The molecule has 0 spiro atoms. The van der Waals surface area contributed by atoms with Gasteiger partial charge in [-0.2, -0.15) is 5.10 Å². The SMILES string of the molecule is CC(C)(CN)NC(=O)c1n[nH]c2ccc(Br)cc12.Cl. The van der Waals surface area contributed by atoms with Crippen LogP contribution in [0.1, 0.15) is 24.3 Å². The lowest BCUT2D eigenvalue weighted by Crippen LogP contribution is -2.49. The molecule has 4 N–H and O–H groups in total. The average Bonchev–Trinajstić information content (AvgIpc) is 2.71. The van der Waals surface area contributed by atoms with E-state index in [1.54, 1.807) is 0 Å². The van der Waals surface area contributed by atoms with Gasteiger partial charge in [-0.25, -0.2) is 0 Å². The Balaban J connectivity index is 0.00000180.